The first kappa shape index (κ1) is 13.7. The first-order chi connectivity index (χ1) is 6.91. The monoisotopic (exact) mass is 200 g/mol. The van der Waals surface area contributed by atoms with Crippen molar-refractivity contribution in [1.29, 1.82) is 0 Å². The predicted molar refractivity (Wildman–Crippen MR) is 60.6 cm³/mol. The lowest BCUT2D eigenvalue weighted by Crippen LogP contribution is -1.96. The van der Waals surface area contributed by atoms with E-state index in [0.717, 1.165) is 39.3 Å². The van der Waals surface area contributed by atoms with Crippen LogP contribution in [0.4, 0.5) is 0 Å². The van der Waals surface area contributed by atoms with Gasteiger partial charge in [-0.15, -0.1) is 0 Å². The largest absolute Gasteiger partial charge is 0.377 e. The highest BCUT2D eigenvalue weighted by atomic mass is 16.5. The third kappa shape index (κ3) is 11.7. The molecule has 0 aromatic carbocycles. The van der Waals surface area contributed by atoms with Crippen molar-refractivity contribution in [2.45, 2.75) is 39.5 Å². The minimum atomic E-state index is 0.719. The Morgan fingerprint density at radius 1 is 0.786 bits per heavy atom. The maximum atomic E-state index is 5.36. The molecule has 0 fully saturated rings. The van der Waals surface area contributed by atoms with Gasteiger partial charge >= 0.3 is 0 Å². The van der Waals surface area contributed by atoms with E-state index in [1.54, 1.807) is 0 Å². The summed E-state index contributed by atoms with van der Waals surface area (Å²) in [6, 6.07) is 0. The molecule has 0 aliphatic heterocycles. The van der Waals surface area contributed by atoms with E-state index in [-0.39, 0.29) is 0 Å². The van der Waals surface area contributed by atoms with E-state index < -0.39 is 0 Å². The van der Waals surface area contributed by atoms with Crippen LogP contribution in [-0.2, 0) is 9.47 Å². The Balaban J connectivity index is 2.96. The van der Waals surface area contributed by atoms with Crippen LogP contribution in [0.2, 0.25) is 0 Å². The molecule has 0 radical (unpaired) electrons. The first-order valence-corrected chi connectivity index (χ1v) is 5.72. The average molecular weight is 200 g/mol. The zero-order valence-corrected chi connectivity index (χ0v) is 9.63. The lowest BCUT2D eigenvalue weighted by Gasteiger charge is -1.99. The van der Waals surface area contributed by atoms with E-state index in [0.29, 0.717) is 0 Å². The summed E-state index contributed by atoms with van der Waals surface area (Å²) >= 11 is 0. The van der Waals surface area contributed by atoms with Crippen molar-refractivity contribution in [2.24, 2.45) is 0 Å². The number of hydrogen-bond acceptors (Lipinski definition) is 2. The van der Waals surface area contributed by atoms with Crippen molar-refractivity contribution in [3.05, 3.63) is 12.2 Å². The van der Waals surface area contributed by atoms with Crippen LogP contribution in [0, 0.1) is 0 Å². The molecule has 2 heteroatoms. The Bertz CT molecular complexity index is 107. The maximum absolute atomic E-state index is 5.36. The van der Waals surface area contributed by atoms with Gasteiger partial charge < -0.3 is 9.47 Å². The minimum Gasteiger partial charge on any atom is -0.377 e. The van der Waals surface area contributed by atoms with Gasteiger partial charge in [0, 0.05) is 13.2 Å². The molecule has 0 aliphatic carbocycles. The third-order valence-electron chi connectivity index (χ3n) is 1.88. The Labute approximate surface area is 88.3 Å². The summed E-state index contributed by atoms with van der Waals surface area (Å²) < 4.78 is 10.7. The van der Waals surface area contributed by atoms with Gasteiger partial charge in [0.15, 0.2) is 0 Å². The average Bonchev–Trinajstić information content (AvgIpc) is 2.21. The zero-order valence-electron chi connectivity index (χ0n) is 9.63. The molecule has 0 aromatic rings. The van der Waals surface area contributed by atoms with Crippen LogP contribution in [0.5, 0.6) is 0 Å². The van der Waals surface area contributed by atoms with E-state index >= 15 is 0 Å². The molecule has 0 N–H and O–H groups in total. The molecule has 0 heterocycles. The lowest BCUT2D eigenvalue weighted by atomic mass is 10.4. The summed E-state index contributed by atoms with van der Waals surface area (Å²) in [4.78, 5) is 0. The molecule has 14 heavy (non-hydrogen) atoms. The van der Waals surface area contributed by atoms with Crippen LogP contribution in [0.25, 0.3) is 0 Å². The van der Waals surface area contributed by atoms with E-state index in [4.69, 9.17) is 9.47 Å². The van der Waals surface area contributed by atoms with E-state index in [9.17, 15) is 0 Å². The fraction of sp³-hybridized carbons (Fsp3) is 0.833. The van der Waals surface area contributed by atoms with Gasteiger partial charge in [0.25, 0.3) is 0 Å². The second-order valence-electron chi connectivity index (χ2n) is 3.33. The number of hydrogen-bond donors (Lipinski definition) is 0. The van der Waals surface area contributed by atoms with Crippen LogP contribution in [0.1, 0.15) is 39.5 Å². The molecule has 84 valence electrons. The summed E-state index contributed by atoms with van der Waals surface area (Å²) in [5, 5.41) is 0. The van der Waals surface area contributed by atoms with Crippen LogP contribution in [0.15, 0.2) is 12.2 Å². The van der Waals surface area contributed by atoms with Crippen LogP contribution in [0.3, 0.4) is 0 Å². The molecular formula is C12H24O2. The Hall–Kier alpha value is -0.340. The van der Waals surface area contributed by atoms with Gasteiger partial charge in [-0.3, -0.25) is 0 Å². The normalized spacial score (nSPS) is 11.3. The maximum Gasteiger partial charge on any atom is 0.0648 e. The predicted octanol–water partition coefficient (Wildman–Crippen LogP) is 3.18. The van der Waals surface area contributed by atoms with E-state index in [1.807, 2.05) is 12.2 Å². The highest BCUT2D eigenvalue weighted by molar-refractivity contribution is 4.80. The minimum absolute atomic E-state index is 0.719. The smallest absolute Gasteiger partial charge is 0.0648 e. The van der Waals surface area contributed by atoms with Crippen LogP contribution in [-0.4, -0.2) is 26.4 Å². The second kappa shape index (κ2) is 12.7. The molecular weight excluding hydrogens is 176 g/mol. The zero-order chi connectivity index (χ0) is 10.5. The third-order valence-corrected chi connectivity index (χ3v) is 1.88. The Morgan fingerprint density at radius 3 is 1.57 bits per heavy atom. The van der Waals surface area contributed by atoms with Crippen molar-refractivity contribution in [2.75, 3.05) is 26.4 Å². The molecule has 0 rings (SSSR count). The van der Waals surface area contributed by atoms with Crippen molar-refractivity contribution in [1.82, 2.24) is 0 Å². The number of unbranched alkanes of at least 4 members (excludes halogenated alkanes) is 2. The van der Waals surface area contributed by atoms with E-state index in [2.05, 4.69) is 13.8 Å². The molecule has 0 aliphatic rings. The molecule has 0 amide bonds. The first-order valence-electron chi connectivity index (χ1n) is 5.72. The Morgan fingerprint density at radius 2 is 1.21 bits per heavy atom. The Kier molecular flexibility index (Phi) is 12.4. The topological polar surface area (TPSA) is 18.5 Å². The van der Waals surface area contributed by atoms with Gasteiger partial charge in [-0.1, -0.05) is 38.8 Å². The molecule has 0 unspecified atom stereocenters. The standard InChI is InChI=1S/C12H24O2/c1-3-5-9-13-11-7-8-12-14-10-6-4-2/h7-8H,3-6,9-12H2,1-2H3/b8-7+. The van der Waals surface area contributed by atoms with Crippen LogP contribution >= 0.6 is 0 Å². The van der Waals surface area contributed by atoms with Gasteiger partial charge in [-0.25, -0.2) is 0 Å². The number of ether oxygens (including phenoxy) is 2. The quantitative estimate of drug-likeness (QED) is 0.398. The molecule has 0 spiro atoms. The molecule has 0 saturated carbocycles. The number of rotatable bonds is 10. The van der Waals surface area contributed by atoms with E-state index in [1.165, 1.54) is 12.8 Å². The van der Waals surface area contributed by atoms with Gasteiger partial charge in [-0.05, 0) is 12.8 Å². The summed E-state index contributed by atoms with van der Waals surface area (Å²) in [6.07, 6.45) is 8.76. The molecule has 2 nitrogen and oxygen atoms in total. The van der Waals surface area contributed by atoms with Gasteiger partial charge in [0.05, 0.1) is 13.2 Å². The summed E-state index contributed by atoms with van der Waals surface area (Å²) in [7, 11) is 0. The fourth-order valence-corrected chi connectivity index (χ4v) is 0.932. The van der Waals surface area contributed by atoms with Crippen LogP contribution < -0.4 is 0 Å². The molecule has 0 atom stereocenters. The van der Waals surface area contributed by atoms with Gasteiger partial charge in [-0.2, -0.15) is 0 Å². The second-order valence-corrected chi connectivity index (χ2v) is 3.33. The summed E-state index contributed by atoms with van der Waals surface area (Å²) in [6.45, 7) is 7.52. The van der Waals surface area contributed by atoms with Crippen molar-refractivity contribution in [3.8, 4) is 0 Å². The molecule has 0 aromatic heterocycles. The molecule has 0 saturated heterocycles. The molecule has 0 bridgehead atoms. The van der Waals surface area contributed by atoms with Gasteiger partial charge in [0.1, 0.15) is 0 Å². The van der Waals surface area contributed by atoms with Crippen molar-refractivity contribution < 1.29 is 9.47 Å². The van der Waals surface area contributed by atoms with Crippen molar-refractivity contribution in [3.63, 3.8) is 0 Å². The highest BCUT2D eigenvalue weighted by Crippen LogP contribution is 1.89. The summed E-state index contributed by atoms with van der Waals surface area (Å²) in [5.41, 5.74) is 0. The summed E-state index contributed by atoms with van der Waals surface area (Å²) in [5.74, 6) is 0. The fourth-order valence-electron chi connectivity index (χ4n) is 0.932. The SMILES string of the molecule is CCCCOC/C=C/COCCCC. The lowest BCUT2D eigenvalue weighted by molar-refractivity contribution is 0.150. The van der Waals surface area contributed by atoms with Gasteiger partial charge in [0.2, 0.25) is 0 Å². The van der Waals surface area contributed by atoms with Crippen molar-refractivity contribution >= 4 is 0 Å². The highest BCUT2D eigenvalue weighted by Gasteiger charge is 1.84.